The fourth-order valence-corrected chi connectivity index (χ4v) is 3.59. The maximum Gasteiger partial charge on any atom is 0.335 e. The number of amides is 1. The van der Waals surface area contributed by atoms with Crippen molar-refractivity contribution in [3.8, 4) is 0 Å². The first-order chi connectivity index (χ1) is 10.5. The zero-order valence-corrected chi connectivity index (χ0v) is 13.2. The summed E-state index contributed by atoms with van der Waals surface area (Å²) < 4.78 is 0. The Labute approximate surface area is 132 Å². The highest BCUT2D eigenvalue weighted by Crippen LogP contribution is 2.28. The van der Waals surface area contributed by atoms with Crippen LogP contribution in [0.15, 0.2) is 18.2 Å². The van der Waals surface area contributed by atoms with Gasteiger partial charge in [-0.1, -0.05) is 13.0 Å². The Morgan fingerprint density at radius 2 is 2.05 bits per heavy atom. The zero-order chi connectivity index (χ0) is 15.9. The van der Waals surface area contributed by atoms with E-state index >= 15 is 0 Å². The summed E-state index contributed by atoms with van der Waals surface area (Å²) in [6.07, 6.45) is 0.820. The van der Waals surface area contributed by atoms with Crippen molar-refractivity contribution in [3.63, 3.8) is 0 Å². The van der Waals surface area contributed by atoms with Gasteiger partial charge in [-0.25, -0.2) is 9.78 Å². The molecule has 0 radical (unpaired) electrons. The van der Waals surface area contributed by atoms with E-state index in [1.807, 2.05) is 13.8 Å². The molecule has 22 heavy (non-hydrogen) atoms. The van der Waals surface area contributed by atoms with Crippen molar-refractivity contribution in [1.82, 2.24) is 9.88 Å². The summed E-state index contributed by atoms with van der Waals surface area (Å²) in [5, 5.41) is 10.0. The number of thiazole rings is 1. The molecule has 3 rings (SSSR count). The Bertz CT molecular complexity index is 767. The molecule has 6 heteroatoms. The number of nitrogens with zero attached hydrogens (tertiary/aromatic N) is 2. The first-order valence-corrected chi connectivity index (χ1v) is 7.92. The molecule has 1 aromatic carbocycles. The fourth-order valence-electron chi connectivity index (χ4n) is 2.62. The molecule has 0 unspecified atom stereocenters. The van der Waals surface area contributed by atoms with Crippen LogP contribution in [-0.2, 0) is 19.5 Å². The van der Waals surface area contributed by atoms with Crippen molar-refractivity contribution < 1.29 is 14.7 Å². The van der Waals surface area contributed by atoms with Gasteiger partial charge in [0.25, 0.3) is 5.91 Å². The number of hydrogen-bond acceptors (Lipinski definition) is 4. The van der Waals surface area contributed by atoms with E-state index in [9.17, 15) is 9.59 Å². The lowest BCUT2D eigenvalue weighted by Gasteiger charge is -2.14. The Morgan fingerprint density at radius 3 is 2.68 bits per heavy atom. The van der Waals surface area contributed by atoms with Crippen LogP contribution in [0.3, 0.4) is 0 Å². The summed E-state index contributed by atoms with van der Waals surface area (Å²) in [6, 6.07) is 5.04. The molecule has 0 spiro atoms. The summed E-state index contributed by atoms with van der Waals surface area (Å²) in [4.78, 5) is 30.5. The van der Waals surface area contributed by atoms with E-state index in [4.69, 9.17) is 5.11 Å². The Balaban J connectivity index is 1.84. The summed E-state index contributed by atoms with van der Waals surface area (Å²) in [7, 11) is 0. The highest BCUT2D eigenvalue weighted by molar-refractivity contribution is 7.13. The highest BCUT2D eigenvalue weighted by atomic mass is 32.1. The number of benzene rings is 1. The van der Waals surface area contributed by atoms with Gasteiger partial charge in [-0.2, -0.15) is 0 Å². The Hall–Kier alpha value is -2.21. The predicted octanol–water partition coefficient (Wildman–Crippen LogP) is 2.87. The van der Waals surface area contributed by atoms with E-state index in [0.717, 1.165) is 28.2 Å². The van der Waals surface area contributed by atoms with Gasteiger partial charge in [-0.05, 0) is 36.6 Å². The molecule has 0 atom stereocenters. The van der Waals surface area contributed by atoms with E-state index in [1.165, 1.54) is 11.3 Å². The highest BCUT2D eigenvalue weighted by Gasteiger charge is 2.27. The minimum absolute atomic E-state index is 0.0252. The van der Waals surface area contributed by atoms with Gasteiger partial charge in [-0.3, -0.25) is 4.79 Å². The third-order valence-corrected chi connectivity index (χ3v) is 5.09. The molecule has 0 fully saturated rings. The number of carbonyl (C=O) groups excluding carboxylic acids is 1. The summed E-state index contributed by atoms with van der Waals surface area (Å²) in [6.45, 7) is 4.85. The monoisotopic (exact) mass is 316 g/mol. The molecule has 1 aliphatic rings. The van der Waals surface area contributed by atoms with Crippen LogP contribution in [0.25, 0.3) is 0 Å². The van der Waals surface area contributed by atoms with E-state index in [-0.39, 0.29) is 11.5 Å². The van der Waals surface area contributed by atoms with Crippen molar-refractivity contribution in [1.29, 1.82) is 0 Å². The minimum atomic E-state index is -0.946. The van der Waals surface area contributed by atoms with Crippen molar-refractivity contribution in [2.45, 2.75) is 33.4 Å². The molecule has 1 aliphatic heterocycles. The number of carbonyl (C=O) groups is 2. The van der Waals surface area contributed by atoms with Crippen molar-refractivity contribution in [2.75, 3.05) is 0 Å². The third-order valence-electron chi connectivity index (χ3n) is 3.80. The number of aromatic carboxylic acids is 1. The molecule has 2 heterocycles. The maximum atomic E-state index is 12.7. The van der Waals surface area contributed by atoms with E-state index in [1.54, 1.807) is 23.1 Å². The number of carboxylic acids is 1. The number of fused-ring (bicyclic) bond motifs is 1. The van der Waals surface area contributed by atoms with Crippen LogP contribution in [0.5, 0.6) is 0 Å². The first kappa shape index (κ1) is 14.7. The van der Waals surface area contributed by atoms with Gasteiger partial charge >= 0.3 is 5.97 Å². The first-order valence-electron chi connectivity index (χ1n) is 7.10. The molecule has 5 nitrogen and oxygen atoms in total. The van der Waals surface area contributed by atoms with Gasteiger partial charge in [-0.15, -0.1) is 11.3 Å². The normalized spacial score (nSPS) is 13.3. The molecule has 2 aromatic rings. The van der Waals surface area contributed by atoms with Crippen molar-refractivity contribution >= 4 is 23.2 Å². The molecular formula is C16H16N2O3S. The smallest absolute Gasteiger partial charge is 0.335 e. The average Bonchev–Trinajstić information content (AvgIpc) is 3.08. The lowest BCUT2D eigenvalue weighted by molar-refractivity contribution is 0.0696. The molecule has 1 aromatic heterocycles. The lowest BCUT2D eigenvalue weighted by atomic mass is 10.1. The second kappa shape index (κ2) is 5.53. The molecule has 114 valence electrons. The van der Waals surface area contributed by atoms with Crippen LogP contribution in [0, 0.1) is 6.92 Å². The topological polar surface area (TPSA) is 70.5 Å². The van der Waals surface area contributed by atoms with Crippen molar-refractivity contribution in [2.24, 2.45) is 0 Å². The summed E-state index contributed by atoms with van der Waals surface area (Å²) in [5.74, 6) is -0.971. The Kier molecular flexibility index (Phi) is 3.70. The van der Waals surface area contributed by atoms with Crippen molar-refractivity contribution in [3.05, 3.63) is 50.5 Å². The summed E-state index contributed by atoms with van der Waals surface area (Å²) in [5.41, 5.74) is 2.95. The van der Waals surface area contributed by atoms with E-state index < -0.39 is 5.97 Å². The molecule has 1 N–H and O–H groups in total. The van der Waals surface area contributed by atoms with Crippen LogP contribution in [0.1, 0.15) is 48.8 Å². The standard InChI is InChI=1S/C16H16N2O3S/c1-3-13-17-9(2)14(22-13)15(19)18-7-11-5-4-10(16(20)21)6-12(11)8-18/h4-6H,3,7-8H2,1-2H3,(H,20,21). The fraction of sp³-hybridized carbons (Fsp3) is 0.312. The maximum absolute atomic E-state index is 12.7. The van der Waals surface area contributed by atoms with Crippen LogP contribution in [0.2, 0.25) is 0 Å². The number of hydrogen-bond donors (Lipinski definition) is 1. The largest absolute Gasteiger partial charge is 0.478 e. The molecule has 0 saturated heterocycles. The van der Waals surface area contributed by atoms with Crippen LogP contribution in [-0.4, -0.2) is 26.9 Å². The second-order valence-corrected chi connectivity index (χ2v) is 6.41. The van der Waals surface area contributed by atoms with Crippen LogP contribution >= 0.6 is 11.3 Å². The van der Waals surface area contributed by atoms with Gasteiger partial charge in [0.15, 0.2) is 0 Å². The van der Waals surface area contributed by atoms with Gasteiger partial charge in [0.2, 0.25) is 0 Å². The molecule has 0 aliphatic carbocycles. The third kappa shape index (κ3) is 2.50. The van der Waals surface area contributed by atoms with E-state index in [2.05, 4.69) is 4.98 Å². The number of aryl methyl sites for hydroxylation is 2. The molecule has 1 amide bonds. The predicted molar refractivity (Wildman–Crippen MR) is 83.2 cm³/mol. The van der Waals surface area contributed by atoms with Gasteiger partial charge < -0.3 is 10.0 Å². The van der Waals surface area contributed by atoms with Gasteiger partial charge in [0.1, 0.15) is 4.88 Å². The number of carboxylic acid groups (broad SMARTS) is 1. The number of aromatic nitrogens is 1. The SMILES string of the molecule is CCc1nc(C)c(C(=O)N2Cc3ccc(C(=O)O)cc3C2)s1. The van der Waals surface area contributed by atoms with Crippen LogP contribution < -0.4 is 0 Å². The van der Waals surface area contributed by atoms with Crippen LogP contribution in [0.4, 0.5) is 0 Å². The molecule has 0 saturated carbocycles. The second-order valence-electron chi connectivity index (χ2n) is 5.33. The average molecular weight is 316 g/mol. The Morgan fingerprint density at radius 1 is 1.32 bits per heavy atom. The lowest BCUT2D eigenvalue weighted by Crippen LogP contribution is -2.25. The summed E-state index contributed by atoms with van der Waals surface area (Å²) >= 11 is 1.44. The van der Waals surface area contributed by atoms with Gasteiger partial charge in [0.05, 0.1) is 16.3 Å². The molecular weight excluding hydrogens is 300 g/mol. The zero-order valence-electron chi connectivity index (χ0n) is 12.4. The van der Waals surface area contributed by atoms with E-state index in [0.29, 0.717) is 18.0 Å². The minimum Gasteiger partial charge on any atom is -0.478 e. The number of rotatable bonds is 3. The quantitative estimate of drug-likeness (QED) is 0.945. The van der Waals surface area contributed by atoms with Gasteiger partial charge in [0, 0.05) is 13.1 Å². The molecule has 0 bridgehead atoms.